The molecule has 2 aromatic heterocycles. The monoisotopic (exact) mass is 541 g/mol. The maximum Gasteiger partial charge on any atom is 0.245 e. The molecule has 158 valence electrons. The molecule has 0 saturated carbocycles. The molecule has 2 fully saturated rings. The van der Waals surface area contributed by atoms with Crippen molar-refractivity contribution in [3.63, 3.8) is 0 Å². The average Bonchev–Trinajstić information content (AvgIpc) is 3.08. The zero-order chi connectivity index (χ0) is 20.6. The van der Waals surface area contributed by atoms with Gasteiger partial charge >= 0.3 is 0 Å². The van der Waals surface area contributed by atoms with Gasteiger partial charge in [0.15, 0.2) is 0 Å². The number of rotatable bonds is 4. The van der Waals surface area contributed by atoms with Gasteiger partial charge in [-0.2, -0.15) is 9.29 Å². The number of anilines is 2. The fourth-order valence-corrected chi connectivity index (χ4v) is 7.24. The van der Waals surface area contributed by atoms with Crippen LogP contribution in [0, 0.1) is 0 Å². The van der Waals surface area contributed by atoms with Gasteiger partial charge in [-0.25, -0.2) is 13.4 Å². The first-order valence-electron chi connectivity index (χ1n) is 8.91. The van der Waals surface area contributed by atoms with E-state index in [2.05, 4.69) is 30.7 Å². The summed E-state index contributed by atoms with van der Waals surface area (Å²) in [5.74, 6) is 1.41. The largest absolute Gasteiger partial charge is 0.378 e. The van der Waals surface area contributed by atoms with E-state index in [1.165, 1.54) is 10.4 Å². The molecule has 8 nitrogen and oxygen atoms in total. The van der Waals surface area contributed by atoms with Crippen LogP contribution in [-0.2, 0) is 14.8 Å². The van der Waals surface area contributed by atoms with Gasteiger partial charge in [0.1, 0.15) is 15.0 Å². The molecule has 0 amide bonds. The molecule has 0 N–H and O–H groups in total. The van der Waals surface area contributed by atoms with Crippen molar-refractivity contribution in [1.82, 2.24) is 14.3 Å². The summed E-state index contributed by atoms with van der Waals surface area (Å²) in [4.78, 5) is 13.3. The molecule has 4 rings (SSSR count). The van der Waals surface area contributed by atoms with E-state index in [4.69, 9.17) is 32.9 Å². The van der Waals surface area contributed by atoms with Gasteiger partial charge in [0.05, 0.1) is 22.0 Å². The average molecular weight is 543 g/mol. The highest BCUT2D eigenvalue weighted by molar-refractivity contribution is 9.10. The summed E-state index contributed by atoms with van der Waals surface area (Å²) in [6, 6.07) is 1.41. The molecule has 0 aromatic carbocycles. The summed E-state index contributed by atoms with van der Waals surface area (Å²) in [5, 5.41) is 0. The van der Waals surface area contributed by atoms with Crippen LogP contribution in [0.2, 0.25) is 8.67 Å². The standard InChI is InChI=1S/C16H18BrCl2N5O3S2/c17-11-10-20-16(23-5-7-27-8-6-23)21-15(11)22-1-3-24(4-2-22)29(25,26)12-9-13(18)28-14(12)19/h9-10H,1-8H2. The third kappa shape index (κ3) is 4.51. The van der Waals surface area contributed by atoms with Crippen LogP contribution in [0.15, 0.2) is 21.6 Å². The number of piperazine rings is 1. The summed E-state index contributed by atoms with van der Waals surface area (Å²) in [7, 11) is -3.68. The van der Waals surface area contributed by atoms with E-state index >= 15 is 0 Å². The lowest BCUT2D eigenvalue weighted by Gasteiger charge is -2.35. The molecule has 0 spiro atoms. The number of ether oxygens (including phenoxy) is 1. The first-order valence-corrected chi connectivity index (χ1v) is 12.7. The minimum Gasteiger partial charge on any atom is -0.378 e. The zero-order valence-electron chi connectivity index (χ0n) is 15.2. The molecule has 13 heteroatoms. The van der Waals surface area contributed by atoms with Gasteiger partial charge in [0, 0.05) is 45.5 Å². The van der Waals surface area contributed by atoms with Crippen LogP contribution in [0.1, 0.15) is 0 Å². The van der Waals surface area contributed by atoms with E-state index in [-0.39, 0.29) is 9.23 Å². The predicted octanol–water partition coefficient (Wildman–Crippen LogP) is 2.95. The van der Waals surface area contributed by atoms with Crippen molar-refractivity contribution in [3.05, 3.63) is 25.4 Å². The number of halogens is 3. The number of sulfonamides is 1. The van der Waals surface area contributed by atoms with Gasteiger partial charge in [0.25, 0.3) is 0 Å². The van der Waals surface area contributed by atoms with Crippen molar-refractivity contribution in [1.29, 1.82) is 0 Å². The number of aromatic nitrogens is 2. The van der Waals surface area contributed by atoms with E-state index in [1.54, 1.807) is 6.20 Å². The molecule has 2 aliphatic heterocycles. The summed E-state index contributed by atoms with van der Waals surface area (Å²) in [5.41, 5.74) is 0. The number of thiophene rings is 1. The van der Waals surface area contributed by atoms with Crippen LogP contribution in [0.5, 0.6) is 0 Å². The number of morpholine rings is 1. The van der Waals surface area contributed by atoms with Crippen molar-refractivity contribution in [2.45, 2.75) is 4.90 Å². The van der Waals surface area contributed by atoms with Gasteiger partial charge < -0.3 is 14.5 Å². The first kappa shape index (κ1) is 21.5. The van der Waals surface area contributed by atoms with Gasteiger partial charge in [-0.15, -0.1) is 11.3 Å². The van der Waals surface area contributed by atoms with E-state index in [0.717, 1.165) is 34.7 Å². The highest BCUT2D eigenvalue weighted by atomic mass is 79.9. The Morgan fingerprint density at radius 2 is 1.76 bits per heavy atom. The van der Waals surface area contributed by atoms with Crippen LogP contribution >= 0.6 is 50.5 Å². The Hall–Kier alpha value is -0.690. The molecule has 0 aliphatic carbocycles. The van der Waals surface area contributed by atoms with E-state index in [9.17, 15) is 8.42 Å². The predicted molar refractivity (Wildman–Crippen MR) is 118 cm³/mol. The quantitative estimate of drug-likeness (QED) is 0.587. The lowest BCUT2D eigenvalue weighted by atomic mass is 10.3. The van der Waals surface area contributed by atoms with Crippen molar-refractivity contribution in [2.24, 2.45) is 0 Å². The fourth-order valence-electron chi connectivity index (χ4n) is 3.27. The minimum atomic E-state index is -3.68. The van der Waals surface area contributed by atoms with Crippen LogP contribution in [0.25, 0.3) is 0 Å². The van der Waals surface area contributed by atoms with Crippen LogP contribution in [-0.4, -0.2) is 75.2 Å². The Morgan fingerprint density at radius 3 is 2.38 bits per heavy atom. The number of hydrogen-bond acceptors (Lipinski definition) is 8. The Labute approximate surface area is 191 Å². The third-order valence-corrected chi connectivity index (χ3v) is 9.00. The molecular weight excluding hydrogens is 525 g/mol. The second-order valence-corrected chi connectivity index (χ2v) is 11.6. The molecule has 0 unspecified atom stereocenters. The maximum absolute atomic E-state index is 12.9. The van der Waals surface area contributed by atoms with E-state index in [1.807, 2.05) is 0 Å². The van der Waals surface area contributed by atoms with Crippen LogP contribution in [0.3, 0.4) is 0 Å². The van der Waals surface area contributed by atoms with Gasteiger partial charge in [-0.3, -0.25) is 0 Å². The SMILES string of the molecule is O=S(=O)(c1cc(Cl)sc1Cl)N1CCN(c2nc(N3CCOCC3)ncc2Br)CC1. The highest BCUT2D eigenvalue weighted by Crippen LogP contribution is 2.36. The highest BCUT2D eigenvalue weighted by Gasteiger charge is 2.32. The summed E-state index contributed by atoms with van der Waals surface area (Å²) < 4.78 is 34.0. The molecule has 2 saturated heterocycles. The van der Waals surface area contributed by atoms with E-state index < -0.39 is 10.0 Å². The lowest BCUT2D eigenvalue weighted by molar-refractivity contribution is 0.122. The number of hydrogen-bond donors (Lipinski definition) is 0. The molecule has 2 aliphatic rings. The first-order chi connectivity index (χ1) is 13.9. The second kappa shape index (κ2) is 8.81. The molecular formula is C16H18BrCl2N5O3S2. The Bertz CT molecular complexity index is 992. The van der Waals surface area contributed by atoms with Crippen molar-refractivity contribution in [3.8, 4) is 0 Å². The molecule has 0 atom stereocenters. The maximum atomic E-state index is 12.9. The van der Waals surface area contributed by atoms with Gasteiger partial charge in [0.2, 0.25) is 16.0 Å². The lowest BCUT2D eigenvalue weighted by Crippen LogP contribution is -2.49. The third-order valence-electron chi connectivity index (χ3n) is 4.79. The van der Waals surface area contributed by atoms with Crippen molar-refractivity contribution in [2.75, 3.05) is 62.3 Å². The zero-order valence-corrected chi connectivity index (χ0v) is 20.0. The molecule has 2 aromatic rings. The van der Waals surface area contributed by atoms with Crippen LogP contribution in [0.4, 0.5) is 11.8 Å². The van der Waals surface area contributed by atoms with Gasteiger partial charge in [-0.1, -0.05) is 23.2 Å². The van der Waals surface area contributed by atoms with Gasteiger partial charge in [-0.05, 0) is 22.0 Å². The van der Waals surface area contributed by atoms with Crippen molar-refractivity contribution >= 4 is 72.3 Å². The smallest absolute Gasteiger partial charge is 0.245 e. The topological polar surface area (TPSA) is 78.9 Å². The second-order valence-electron chi connectivity index (χ2n) is 6.52. The summed E-state index contributed by atoms with van der Waals surface area (Å²) >= 11 is 16.6. The Balaban J connectivity index is 1.49. The number of nitrogens with zero attached hydrogens (tertiary/aromatic N) is 5. The molecule has 0 bridgehead atoms. The molecule has 4 heterocycles. The van der Waals surface area contributed by atoms with Crippen molar-refractivity contribution < 1.29 is 13.2 Å². The summed E-state index contributed by atoms with van der Waals surface area (Å²) in [6.07, 6.45) is 1.74. The molecule has 0 radical (unpaired) electrons. The Morgan fingerprint density at radius 1 is 1.07 bits per heavy atom. The molecule has 29 heavy (non-hydrogen) atoms. The fraction of sp³-hybridized carbons (Fsp3) is 0.500. The van der Waals surface area contributed by atoms with E-state index in [0.29, 0.717) is 49.7 Å². The minimum absolute atomic E-state index is 0.0698. The Kier molecular flexibility index (Phi) is 6.55. The normalized spacial score (nSPS) is 19.0. The summed E-state index contributed by atoms with van der Waals surface area (Å²) in [6.45, 7) is 4.47. The van der Waals surface area contributed by atoms with Crippen LogP contribution < -0.4 is 9.80 Å².